The molecular weight excluding hydrogens is 229 g/mol. The lowest BCUT2D eigenvalue weighted by Gasteiger charge is -2.36. The van der Waals surface area contributed by atoms with E-state index in [1.54, 1.807) is 0 Å². The van der Waals surface area contributed by atoms with E-state index in [4.69, 9.17) is 5.73 Å². The summed E-state index contributed by atoms with van der Waals surface area (Å²) in [5, 5.41) is 2.41. The third kappa shape index (κ3) is 3.90. The fraction of sp³-hybridized carbons (Fsp3) is 0.875. The largest absolute Gasteiger partial charge is 0.441 e. The summed E-state index contributed by atoms with van der Waals surface area (Å²) in [5.41, 5.74) is 0.608. The van der Waals surface area contributed by atoms with Gasteiger partial charge >= 0.3 is 5.51 Å². The summed E-state index contributed by atoms with van der Waals surface area (Å²) in [6.07, 6.45) is 2.14. The molecule has 7 heteroatoms. The van der Waals surface area contributed by atoms with E-state index in [0.29, 0.717) is 12.8 Å². The number of thioether (sulfide) groups is 1. The molecule has 3 nitrogen and oxygen atoms in total. The van der Waals surface area contributed by atoms with Crippen LogP contribution >= 0.6 is 11.8 Å². The molecule has 0 aromatic rings. The highest BCUT2D eigenvalue weighted by atomic mass is 32.2. The van der Waals surface area contributed by atoms with Gasteiger partial charge in [0.25, 0.3) is 0 Å². The van der Waals surface area contributed by atoms with E-state index < -0.39 is 11.0 Å². The Morgan fingerprint density at radius 3 is 2.47 bits per heavy atom. The zero-order valence-electron chi connectivity index (χ0n) is 8.06. The maximum absolute atomic E-state index is 11.7. The zero-order valence-corrected chi connectivity index (χ0v) is 8.88. The molecule has 0 unspecified atom stereocenters. The summed E-state index contributed by atoms with van der Waals surface area (Å²) in [6.45, 7) is 0.00194. The first-order valence-electron chi connectivity index (χ1n) is 4.61. The Hall–Kier alpha value is -0.430. The molecule has 0 radical (unpaired) electrons. The van der Waals surface area contributed by atoms with Crippen molar-refractivity contribution in [2.24, 2.45) is 5.73 Å². The molecule has 1 fully saturated rings. The molecule has 88 valence electrons. The molecule has 0 aromatic carbocycles. The van der Waals surface area contributed by atoms with Gasteiger partial charge in [-0.2, -0.15) is 13.2 Å². The number of nitrogens with two attached hydrogens (primary N) is 1. The smallest absolute Gasteiger partial charge is 0.354 e. The lowest BCUT2D eigenvalue weighted by Crippen LogP contribution is -2.58. The quantitative estimate of drug-likeness (QED) is 0.729. The van der Waals surface area contributed by atoms with Crippen molar-refractivity contribution in [2.45, 2.75) is 30.3 Å². The van der Waals surface area contributed by atoms with E-state index >= 15 is 0 Å². The minimum atomic E-state index is -4.23. The Morgan fingerprint density at radius 1 is 1.47 bits per heavy atom. The number of hydrogen-bond acceptors (Lipinski definition) is 3. The molecule has 0 aliphatic heterocycles. The first kappa shape index (κ1) is 12.6. The van der Waals surface area contributed by atoms with Crippen LogP contribution in [0.2, 0.25) is 0 Å². The van der Waals surface area contributed by atoms with Crippen LogP contribution in [-0.4, -0.2) is 29.3 Å². The topological polar surface area (TPSA) is 55.1 Å². The van der Waals surface area contributed by atoms with Crippen LogP contribution in [0, 0.1) is 0 Å². The average molecular weight is 242 g/mol. The van der Waals surface area contributed by atoms with Crippen molar-refractivity contribution in [2.75, 3.05) is 12.3 Å². The van der Waals surface area contributed by atoms with Crippen LogP contribution in [0.4, 0.5) is 13.2 Å². The Kier molecular flexibility index (Phi) is 3.88. The standard InChI is InChI=1S/C8H13F3N2OS/c9-8(10,11)15-5-4-13-6(14)7(12)2-1-3-7/h1-5,12H2,(H,13,14). The number of rotatable bonds is 4. The van der Waals surface area contributed by atoms with E-state index in [0.717, 1.165) is 6.42 Å². The van der Waals surface area contributed by atoms with Gasteiger partial charge in [-0.3, -0.25) is 4.79 Å². The van der Waals surface area contributed by atoms with Crippen molar-refractivity contribution in [3.63, 3.8) is 0 Å². The SMILES string of the molecule is NC1(C(=O)NCCSC(F)(F)F)CCC1. The van der Waals surface area contributed by atoms with Crippen molar-refractivity contribution < 1.29 is 18.0 Å². The molecule has 0 atom stereocenters. The molecule has 1 aliphatic rings. The van der Waals surface area contributed by atoms with Crippen molar-refractivity contribution in [3.05, 3.63) is 0 Å². The summed E-state index contributed by atoms with van der Waals surface area (Å²) < 4.78 is 35.2. The van der Waals surface area contributed by atoms with Crippen molar-refractivity contribution >= 4 is 17.7 Å². The molecule has 3 N–H and O–H groups in total. The van der Waals surface area contributed by atoms with Crippen molar-refractivity contribution in [3.8, 4) is 0 Å². The fourth-order valence-electron chi connectivity index (χ4n) is 1.29. The van der Waals surface area contributed by atoms with Crippen molar-refractivity contribution in [1.29, 1.82) is 0 Å². The lowest BCUT2D eigenvalue weighted by atomic mass is 9.77. The van der Waals surface area contributed by atoms with Gasteiger partial charge in [0.15, 0.2) is 0 Å². The average Bonchev–Trinajstić information content (AvgIpc) is 2.06. The van der Waals surface area contributed by atoms with E-state index in [1.807, 2.05) is 0 Å². The number of hydrogen-bond donors (Lipinski definition) is 2. The van der Waals surface area contributed by atoms with Crippen LogP contribution in [0.5, 0.6) is 0 Å². The molecule has 0 aromatic heterocycles. The van der Waals surface area contributed by atoms with E-state index in [-0.39, 0.29) is 30.0 Å². The lowest BCUT2D eigenvalue weighted by molar-refractivity contribution is -0.129. The molecule has 15 heavy (non-hydrogen) atoms. The van der Waals surface area contributed by atoms with Gasteiger partial charge in [-0.15, -0.1) is 0 Å². The number of carbonyl (C=O) groups is 1. The second-order valence-corrected chi connectivity index (χ2v) is 4.72. The summed E-state index contributed by atoms with van der Waals surface area (Å²) in [5.74, 6) is -0.512. The number of carbonyl (C=O) groups excluding carboxylic acids is 1. The molecule has 1 rings (SSSR count). The Bertz CT molecular complexity index is 241. The monoisotopic (exact) mass is 242 g/mol. The third-order valence-electron chi connectivity index (χ3n) is 2.35. The number of halogens is 3. The predicted octanol–water partition coefficient (Wildman–Crippen LogP) is 1.24. The summed E-state index contributed by atoms with van der Waals surface area (Å²) >= 11 is -0.144. The molecule has 1 saturated carbocycles. The minimum Gasteiger partial charge on any atom is -0.354 e. The summed E-state index contributed by atoms with van der Waals surface area (Å²) in [6, 6.07) is 0. The Morgan fingerprint density at radius 2 is 2.07 bits per heavy atom. The second-order valence-electron chi connectivity index (χ2n) is 3.56. The van der Waals surface area contributed by atoms with Gasteiger partial charge in [0.1, 0.15) is 0 Å². The molecule has 1 amide bonds. The van der Waals surface area contributed by atoms with Gasteiger partial charge in [0.2, 0.25) is 5.91 Å². The van der Waals surface area contributed by atoms with Crippen LogP contribution in [-0.2, 0) is 4.79 Å². The number of alkyl halides is 3. The fourth-order valence-corrected chi connectivity index (χ4v) is 1.73. The van der Waals surface area contributed by atoms with Crippen LogP contribution < -0.4 is 11.1 Å². The van der Waals surface area contributed by atoms with E-state index in [9.17, 15) is 18.0 Å². The van der Waals surface area contributed by atoms with Crippen LogP contribution in [0.15, 0.2) is 0 Å². The van der Waals surface area contributed by atoms with Crippen LogP contribution in [0.25, 0.3) is 0 Å². The third-order valence-corrected chi connectivity index (χ3v) is 3.09. The number of amides is 1. The molecule has 0 spiro atoms. The minimum absolute atomic E-state index is 0.00194. The highest BCUT2D eigenvalue weighted by molar-refractivity contribution is 8.00. The van der Waals surface area contributed by atoms with Gasteiger partial charge in [-0.25, -0.2) is 0 Å². The molecular formula is C8H13F3N2OS. The highest BCUT2D eigenvalue weighted by Gasteiger charge is 2.39. The van der Waals surface area contributed by atoms with E-state index in [1.165, 1.54) is 0 Å². The van der Waals surface area contributed by atoms with Gasteiger partial charge in [-0.05, 0) is 31.0 Å². The van der Waals surface area contributed by atoms with Crippen LogP contribution in [0.3, 0.4) is 0 Å². The van der Waals surface area contributed by atoms with Gasteiger partial charge in [-0.1, -0.05) is 0 Å². The van der Waals surface area contributed by atoms with Gasteiger partial charge in [0, 0.05) is 12.3 Å². The molecule has 0 saturated heterocycles. The summed E-state index contributed by atoms with van der Waals surface area (Å²) in [4.78, 5) is 11.3. The Labute approximate surface area is 90.0 Å². The first-order valence-corrected chi connectivity index (χ1v) is 5.60. The maximum Gasteiger partial charge on any atom is 0.441 e. The normalized spacial score (nSPS) is 19.5. The zero-order chi connectivity index (χ0) is 11.5. The highest BCUT2D eigenvalue weighted by Crippen LogP contribution is 2.30. The van der Waals surface area contributed by atoms with Gasteiger partial charge < -0.3 is 11.1 Å². The molecule has 1 aliphatic carbocycles. The van der Waals surface area contributed by atoms with E-state index in [2.05, 4.69) is 5.32 Å². The number of nitrogens with one attached hydrogen (secondary N) is 1. The predicted molar refractivity (Wildman–Crippen MR) is 52.3 cm³/mol. The first-order chi connectivity index (χ1) is 6.83. The van der Waals surface area contributed by atoms with Crippen LogP contribution in [0.1, 0.15) is 19.3 Å². The summed E-state index contributed by atoms with van der Waals surface area (Å²) in [7, 11) is 0. The van der Waals surface area contributed by atoms with Gasteiger partial charge in [0.05, 0.1) is 5.54 Å². The Balaban J connectivity index is 2.13. The second kappa shape index (κ2) is 4.61. The maximum atomic E-state index is 11.7. The molecule has 0 heterocycles. The molecule has 0 bridgehead atoms. The van der Waals surface area contributed by atoms with Crippen molar-refractivity contribution in [1.82, 2.24) is 5.32 Å².